The standard InChI is InChI=1S/C16H15BrN2/c1-11-5-3-4-6-15(11)19-16(10-18)13-7-8-14(17)12(2)9-13/h3-9,16,19H,1-2H3. The van der Waals surface area contributed by atoms with E-state index < -0.39 is 0 Å². The highest BCUT2D eigenvalue weighted by atomic mass is 79.9. The first-order chi connectivity index (χ1) is 9.11. The Kier molecular flexibility index (Phi) is 4.24. The third-order valence-corrected chi connectivity index (χ3v) is 3.98. The minimum Gasteiger partial charge on any atom is -0.366 e. The van der Waals surface area contributed by atoms with E-state index >= 15 is 0 Å². The van der Waals surface area contributed by atoms with E-state index in [0.29, 0.717) is 0 Å². The summed E-state index contributed by atoms with van der Waals surface area (Å²) in [6, 6.07) is 15.9. The number of para-hydroxylation sites is 1. The van der Waals surface area contributed by atoms with Crippen LogP contribution >= 0.6 is 15.9 Å². The zero-order valence-electron chi connectivity index (χ0n) is 10.9. The van der Waals surface area contributed by atoms with Crippen molar-refractivity contribution in [2.24, 2.45) is 0 Å². The quantitative estimate of drug-likeness (QED) is 0.888. The second kappa shape index (κ2) is 5.90. The van der Waals surface area contributed by atoms with Crippen LogP contribution in [0.4, 0.5) is 5.69 Å². The Labute approximate surface area is 122 Å². The van der Waals surface area contributed by atoms with Crippen molar-refractivity contribution >= 4 is 21.6 Å². The average Bonchev–Trinajstić information content (AvgIpc) is 2.41. The maximum Gasteiger partial charge on any atom is 0.140 e. The van der Waals surface area contributed by atoms with Gasteiger partial charge in [-0.25, -0.2) is 0 Å². The summed E-state index contributed by atoms with van der Waals surface area (Å²) in [5.41, 5.74) is 4.24. The smallest absolute Gasteiger partial charge is 0.140 e. The molecule has 0 aliphatic heterocycles. The predicted molar refractivity (Wildman–Crippen MR) is 82.0 cm³/mol. The Morgan fingerprint density at radius 1 is 1.11 bits per heavy atom. The summed E-state index contributed by atoms with van der Waals surface area (Å²) in [6.07, 6.45) is 0. The second-order valence-corrected chi connectivity index (χ2v) is 5.38. The molecule has 0 heterocycles. The van der Waals surface area contributed by atoms with Gasteiger partial charge in [0.05, 0.1) is 6.07 Å². The van der Waals surface area contributed by atoms with Crippen LogP contribution in [0.5, 0.6) is 0 Å². The third kappa shape index (κ3) is 3.15. The first-order valence-electron chi connectivity index (χ1n) is 6.09. The van der Waals surface area contributed by atoms with E-state index in [1.54, 1.807) is 0 Å². The van der Waals surface area contributed by atoms with E-state index in [4.69, 9.17) is 0 Å². The molecule has 1 atom stereocenters. The maximum absolute atomic E-state index is 9.37. The normalized spacial score (nSPS) is 11.7. The topological polar surface area (TPSA) is 35.8 Å². The van der Waals surface area contributed by atoms with E-state index in [1.165, 1.54) is 0 Å². The van der Waals surface area contributed by atoms with Gasteiger partial charge in [0.2, 0.25) is 0 Å². The van der Waals surface area contributed by atoms with Gasteiger partial charge in [-0.3, -0.25) is 0 Å². The lowest BCUT2D eigenvalue weighted by atomic mass is 10.0. The Bertz CT molecular complexity index is 629. The zero-order valence-corrected chi connectivity index (χ0v) is 12.5. The number of nitrogens with one attached hydrogen (secondary N) is 1. The number of benzene rings is 2. The number of hydrogen-bond donors (Lipinski definition) is 1. The Balaban J connectivity index is 2.28. The van der Waals surface area contributed by atoms with Crippen molar-refractivity contribution < 1.29 is 0 Å². The van der Waals surface area contributed by atoms with Gasteiger partial charge in [0.25, 0.3) is 0 Å². The van der Waals surface area contributed by atoms with Crippen molar-refractivity contribution in [3.8, 4) is 6.07 Å². The molecule has 2 aromatic carbocycles. The minimum atomic E-state index is -0.340. The number of anilines is 1. The van der Waals surface area contributed by atoms with Gasteiger partial charge in [-0.15, -0.1) is 0 Å². The first-order valence-corrected chi connectivity index (χ1v) is 6.89. The lowest BCUT2D eigenvalue weighted by molar-refractivity contribution is 0.989. The molecule has 19 heavy (non-hydrogen) atoms. The molecule has 0 aliphatic rings. The van der Waals surface area contributed by atoms with Crippen molar-refractivity contribution in [2.45, 2.75) is 19.9 Å². The van der Waals surface area contributed by atoms with E-state index in [-0.39, 0.29) is 6.04 Å². The molecular weight excluding hydrogens is 300 g/mol. The summed E-state index contributed by atoms with van der Waals surface area (Å²) in [7, 11) is 0. The molecule has 0 saturated heterocycles. The lowest BCUT2D eigenvalue weighted by Crippen LogP contribution is -2.09. The molecule has 0 saturated carbocycles. The van der Waals surface area contributed by atoms with Crippen molar-refractivity contribution in [3.63, 3.8) is 0 Å². The fourth-order valence-electron chi connectivity index (χ4n) is 1.93. The molecule has 0 aromatic heterocycles. The molecule has 2 aromatic rings. The maximum atomic E-state index is 9.37. The molecule has 0 spiro atoms. The molecule has 1 N–H and O–H groups in total. The van der Waals surface area contributed by atoms with Crippen molar-refractivity contribution in [1.29, 1.82) is 5.26 Å². The van der Waals surface area contributed by atoms with Gasteiger partial charge in [-0.2, -0.15) is 5.26 Å². The number of nitrogens with zero attached hydrogens (tertiary/aromatic N) is 1. The summed E-state index contributed by atoms with van der Waals surface area (Å²) >= 11 is 3.48. The fourth-order valence-corrected chi connectivity index (χ4v) is 2.17. The molecule has 0 aliphatic carbocycles. The van der Waals surface area contributed by atoms with Crippen molar-refractivity contribution in [3.05, 3.63) is 63.6 Å². The molecule has 0 amide bonds. The number of hydrogen-bond acceptors (Lipinski definition) is 2. The Morgan fingerprint density at radius 2 is 1.84 bits per heavy atom. The molecular formula is C16H15BrN2. The van der Waals surface area contributed by atoms with Gasteiger partial charge in [0.1, 0.15) is 6.04 Å². The molecule has 2 nitrogen and oxygen atoms in total. The Morgan fingerprint density at radius 3 is 2.47 bits per heavy atom. The lowest BCUT2D eigenvalue weighted by Gasteiger charge is -2.16. The second-order valence-electron chi connectivity index (χ2n) is 4.53. The summed E-state index contributed by atoms with van der Waals surface area (Å²) in [5.74, 6) is 0. The van der Waals surface area contributed by atoms with Crippen LogP contribution < -0.4 is 5.32 Å². The van der Waals surface area contributed by atoms with E-state index in [9.17, 15) is 5.26 Å². The van der Waals surface area contributed by atoms with Gasteiger partial charge in [0.15, 0.2) is 0 Å². The monoisotopic (exact) mass is 314 g/mol. The van der Waals surface area contributed by atoms with Gasteiger partial charge in [0, 0.05) is 10.2 Å². The van der Waals surface area contributed by atoms with Crippen LogP contribution in [-0.4, -0.2) is 0 Å². The highest BCUT2D eigenvalue weighted by Gasteiger charge is 2.12. The van der Waals surface area contributed by atoms with Gasteiger partial charge in [-0.1, -0.05) is 46.3 Å². The number of aryl methyl sites for hydroxylation is 2. The molecule has 2 rings (SSSR count). The van der Waals surface area contributed by atoms with Gasteiger partial charge < -0.3 is 5.32 Å². The van der Waals surface area contributed by atoms with Crippen molar-refractivity contribution in [1.82, 2.24) is 0 Å². The van der Waals surface area contributed by atoms with Gasteiger partial charge in [-0.05, 0) is 42.7 Å². The van der Waals surface area contributed by atoms with Crippen LogP contribution in [0.25, 0.3) is 0 Å². The van der Waals surface area contributed by atoms with E-state index in [1.807, 2.05) is 56.3 Å². The number of halogens is 1. The summed E-state index contributed by atoms with van der Waals surface area (Å²) in [6.45, 7) is 4.05. The van der Waals surface area contributed by atoms with E-state index in [2.05, 4.69) is 27.3 Å². The van der Waals surface area contributed by atoms with Crippen LogP contribution in [0, 0.1) is 25.2 Å². The summed E-state index contributed by atoms with van der Waals surface area (Å²) < 4.78 is 1.06. The first kappa shape index (κ1) is 13.6. The highest BCUT2D eigenvalue weighted by molar-refractivity contribution is 9.10. The molecule has 1 unspecified atom stereocenters. The van der Waals surface area contributed by atoms with Crippen LogP contribution in [0.3, 0.4) is 0 Å². The van der Waals surface area contributed by atoms with Crippen LogP contribution in [0.2, 0.25) is 0 Å². The average molecular weight is 315 g/mol. The van der Waals surface area contributed by atoms with Crippen LogP contribution in [0.1, 0.15) is 22.7 Å². The molecule has 0 radical (unpaired) electrons. The van der Waals surface area contributed by atoms with Crippen molar-refractivity contribution in [2.75, 3.05) is 5.32 Å². The highest BCUT2D eigenvalue weighted by Crippen LogP contribution is 2.25. The van der Waals surface area contributed by atoms with Crippen LogP contribution in [-0.2, 0) is 0 Å². The predicted octanol–water partition coefficient (Wildman–Crippen LogP) is 4.74. The summed E-state index contributed by atoms with van der Waals surface area (Å²) in [5, 5.41) is 12.7. The molecule has 96 valence electrons. The van der Waals surface area contributed by atoms with E-state index in [0.717, 1.165) is 26.9 Å². The molecule has 3 heteroatoms. The zero-order chi connectivity index (χ0) is 13.8. The Hall–Kier alpha value is -1.79. The minimum absolute atomic E-state index is 0.340. The SMILES string of the molecule is Cc1cc(C(C#N)Nc2ccccc2C)ccc1Br. The number of rotatable bonds is 3. The fraction of sp³-hybridized carbons (Fsp3) is 0.188. The largest absolute Gasteiger partial charge is 0.366 e. The number of nitriles is 1. The molecule has 0 fully saturated rings. The van der Waals surface area contributed by atoms with Crippen LogP contribution in [0.15, 0.2) is 46.9 Å². The summed E-state index contributed by atoms with van der Waals surface area (Å²) in [4.78, 5) is 0. The third-order valence-electron chi connectivity index (χ3n) is 3.09. The van der Waals surface area contributed by atoms with Gasteiger partial charge >= 0.3 is 0 Å². The molecule has 0 bridgehead atoms.